The van der Waals surface area contributed by atoms with Crippen molar-refractivity contribution in [3.63, 3.8) is 0 Å². The minimum absolute atomic E-state index is 0.765. The second kappa shape index (κ2) is 8.10. The zero-order chi connectivity index (χ0) is 15.1. The Bertz CT molecular complexity index is 556. The third-order valence-corrected chi connectivity index (χ3v) is 3.66. The lowest BCUT2D eigenvalue weighted by Crippen LogP contribution is -2.20. The van der Waals surface area contributed by atoms with E-state index in [-0.39, 0.29) is 0 Å². The Morgan fingerprint density at radius 3 is 2.67 bits per heavy atom. The van der Waals surface area contributed by atoms with E-state index in [1.165, 1.54) is 5.56 Å². The SMILES string of the molecule is CCCNCc1cncc(N(C)Cc2ccc(Br)cc2)n1. The molecule has 0 aliphatic heterocycles. The molecule has 0 atom stereocenters. The Morgan fingerprint density at radius 2 is 1.95 bits per heavy atom. The van der Waals surface area contributed by atoms with Gasteiger partial charge in [-0.15, -0.1) is 0 Å². The average Bonchev–Trinajstić information content (AvgIpc) is 2.50. The number of rotatable bonds is 7. The summed E-state index contributed by atoms with van der Waals surface area (Å²) in [5.74, 6) is 0.897. The van der Waals surface area contributed by atoms with Crippen LogP contribution >= 0.6 is 15.9 Å². The number of hydrogen-bond acceptors (Lipinski definition) is 4. The van der Waals surface area contributed by atoms with E-state index >= 15 is 0 Å². The summed E-state index contributed by atoms with van der Waals surface area (Å²) >= 11 is 3.45. The maximum atomic E-state index is 4.65. The van der Waals surface area contributed by atoms with Crippen LogP contribution in [0.1, 0.15) is 24.6 Å². The number of nitrogens with one attached hydrogen (secondary N) is 1. The first-order valence-electron chi connectivity index (χ1n) is 7.16. The largest absolute Gasteiger partial charge is 0.354 e. The van der Waals surface area contributed by atoms with Gasteiger partial charge in [-0.05, 0) is 30.7 Å². The smallest absolute Gasteiger partial charge is 0.147 e. The predicted octanol–water partition coefficient (Wildman–Crippen LogP) is 3.38. The van der Waals surface area contributed by atoms with Crippen LogP contribution in [0.15, 0.2) is 41.1 Å². The van der Waals surface area contributed by atoms with Gasteiger partial charge in [0.15, 0.2) is 0 Å². The fraction of sp³-hybridized carbons (Fsp3) is 0.375. The number of halogens is 1. The summed E-state index contributed by atoms with van der Waals surface area (Å²) < 4.78 is 1.10. The summed E-state index contributed by atoms with van der Waals surface area (Å²) in [5, 5.41) is 3.35. The van der Waals surface area contributed by atoms with Crippen molar-refractivity contribution in [2.45, 2.75) is 26.4 Å². The van der Waals surface area contributed by atoms with Crippen LogP contribution in [0.3, 0.4) is 0 Å². The number of nitrogens with zero attached hydrogens (tertiary/aromatic N) is 3. The van der Waals surface area contributed by atoms with Crippen molar-refractivity contribution in [3.8, 4) is 0 Å². The molecule has 0 amide bonds. The highest BCUT2D eigenvalue weighted by atomic mass is 79.9. The Balaban J connectivity index is 1.99. The van der Waals surface area contributed by atoms with Crippen molar-refractivity contribution in [3.05, 3.63) is 52.4 Å². The zero-order valence-corrected chi connectivity index (χ0v) is 14.1. The highest BCUT2D eigenvalue weighted by Gasteiger charge is 2.05. The van der Waals surface area contributed by atoms with Crippen LogP contribution in [-0.2, 0) is 13.1 Å². The predicted molar refractivity (Wildman–Crippen MR) is 90.3 cm³/mol. The third kappa shape index (κ3) is 5.10. The van der Waals surface area contributed by atoms with Gasteiger partial charge in [-0.3, -0.25) is 4.98 Å². The molecule has 0 aliphatic carbocycles. The Hall–Kier alpha value is -1.46. The van der Waals surface area contributed by atoms with Gasteiger partial charge in [0.2, 0.25) is 0 Å². The average molecular weight is 349 g/mol. The summed E-state index contributed by atoms with van der Waals surface area (Å²) in [6.45, 7) is 4.73. The normalized spacial score (nSPS) is 10.6. The van der Waals surface area contributed by atoms with E-state index < -0.39 is 0 Å². The van der Waals surface area contributed by atoms with Gasteiger partial charge in [-0.25, -0.2) is 4.98 Å². The summed E-state index contributed by atoms with van der Waals surface area (Å²) in [6.07, 6.45) is 4.75. The Labute approximate surface area is 134 Å². The van der Waals surface area contributed by atoms with Crippen LogP contribution in [0.25, 0.3) is 0 Å². The number of anilines is 1. The standard InChI is InChI=1S/C16H21BrN4/c1-3-8-18-9-15-10-19-11-16(20-15)21(2)12-13-4-6-14(17)7-5-13/h4-7,10-11,18H,3,8-9,12H2,1-2H3. The lowest BCUT2D eigenvalue weighted by molar-refractivity contribution is 0.661. The molecule has 21 heavy (non-hydrogen) atoms. The second-order valence-corrected chi connectivity index (χ2v) is 5.94. The van der Waals surface area contributed by atoms with E-state index in [4.69, 9.17) is 0 Å². The van der Waals surface area contributed by atoms with Gasteiger partial charge in [0, 0.05) is 30.8 Å². The topological polar surface area (TPSA) is 41.1 Å². The number of benzene rings is 1. The van der Waals surface area contributed by atoms with Crippen LogP contribution in [0, 0.1) is 0 Å². The van der Waals surface area contributed by atoms with Gasteiger partial charge in [0.1, 0.15) is 5.82 Å². The summed E-state index contributed by atoms with van der Waals surface area (Å²) in [7, 11) is 2.04. The van der Waals surface area contributed by atoms with Crippen molar-refractivity contribution in [1.29, 1.82) is 0 Å². The molecule has 4 nitrogen and oxygen atoms in total. The third-order valence-electron chi connectivity index (χ3n) is 3.13. The molecule has 0 aliphatic rings. The molecular formula is C16H21BrN4. The first kappa shape index (κ1) is 15.9. The minimum Gasteiger partial charge on any atom is -0.354 e. The molecule has 0 saturated carbocycles. The van der Waals surface area contributed by atoms with Crippen LogP contribution in [0.5, 0.6) is 0 Å². The zero-order valence-electron chi connectivity index (χ0n) is 12.5. The van der Waals surface area contributed by atoms with Gasteiger partial charge < -0.3 is 10.2 Å². The van der Waals surface area contributed by atoms with Gasteiger partial charge in [0.25, 0.3) is 0 Å². The van der Waals surface area contributed by atoms with Crippen molar-refractivity contribution in [2.75, 3.05) is 18.5 Å². The monoisotopic (exact) mass is 348 g/mol. The summed E-state index contributed by atoms with van der Waals surface area (Å²) in [6, 6.07) is 8.33. The maximum Gasteiger partial charge on any atom is 0.147 e. The van der Waals surface area contributed by atoms with E-state index in [0.29, 0.717) is 0 Å². The highest BCUT2D eigenvalue weighted by molar-refractivity contribution is 9.10. The van der Waals surface area contributed by atoms with E-state index in [1.807, 2.05) is 19.4 Å². The second-order valence-electron chi connectivity index (χ2n) is 5.03. The molecule has 0 bridgehead atoms. The van der Waals surface area contributed by atoms with E-state index in [1.54, 1.807) is 0 Å². The van der Waals surface area contributed by atoms with Crippen molar-refractivity contribution in [1.82, 2.24) is 15.3 Å². The van der Waals surface area contributed by atoms with Crippen LogP contribution in [-0.4, -0.2) is 23.6 Å². The molecule has 0 saturated heterocycles. The quantitative estimate of drug-likeness (QED) is 0.778. The summed E-state index contributed by atoms with van der Waals surface area (Å²) in [4.78, 5) is 11.0. The molecule has 2 rings (SSSR count). The molecule has 112 valence electrons. The van der Waals surface area contributed by atoms with Gasteiger partial charge in [0.05, 0.1) is 11.9 Å². The fourth-order valence-corrected chi connectivity index (χ4v) is 2.27. The molecule has 1 N–H and O–H groups in total. The first-order chi connectivity index (χ1) is 10.2. The molecule has 0 spiro atoms. The molecular weight excluding hydrogens is 328 g/mol. The van der Waals surface area contributed by atoms with Gasteiger partial charge >= 0.3 is 0 Å². The van der Waals surface area contributed by atoms with E-state index in [2.05, 4.69) is 67.3 Å². The Kier molecular flexibility index (Phi) is 6.14. The number of aromatic nitrogens is 2. The van der Waals surface area contributed by atoms with Crippen molar-refractivity contribution in [2.24, 2.45) is 0 Å². The van der Waals surface area contributed by atoms with Gasteiger partial charge in [-0.1, -0.05) is 35.0 Å². The molecule has 5 heteroatoms. The molecule has 2 aromatic rings. The van der Waals surface area contributed by atoms with E-state index in [0.717, 1.165) is 42.0 Å². The van der Waals surface area contributed by atoms with Crippen LogP contribution in [0.4, 0.5) is 5.82 Å². The molecule has 0 fully saturated rings. The molecule has 0 unspecified atom stereocenters. The van der Waals surface area contributed by atoms with Crippen molar-refractivity contribution >= 4 is 21.7 Å². The fourth-order valence-electron chi connectivity index (χ4n) is 2.00. The minimum atomic E-state index is 0.765. The Morgan fingerprint density at radius 1 is 1.19 bits per heavy atom. The van der Waals surface area contributed by atoms with Crippen molar-refractivity contribution < 1.29 is 0 Å². The van der Waals surface area contributed by atoms with E-state index in [9.17, 15) is 0 Å². The summed E-state index contributed by atoms with van der Waals surface area (Å²) in [5.41, 5.74) is 2.22. The molecule has 1 aromatic carbocycles. The lowest BCUT2D eigenvalue weighted by atomic mass is 10.2. The first-order valence-corrected chi connectivity index (χ1v) is 7.95. The molecule has 1 aromatic heterocycles. The molecule has 1 heterocycles. The highest BCUT2D eigenvalue weighted by Crippen LogP contribution is 2.15. The number of hydrogen-bond donors (Lipinski definition) is 1. The van der Waals surface area contributed by atoms with Crippen LogP contribution < -0.4 is 10.2 Å². The maximum absolute atomic E-state index is 4.65. The lowest BCUT2D eigenvalue weighted by Gasteiger charge is -2.18. The van der Waals surface area contributed by atoms with Crippen LogP contribution in [0.2, 0.25) is 0 Å². The van der Waals surface area contributed by atoms with Gasteiger partial charge in [-0.2, -0.15) is 0 Å². The molecule has 0 radical (unpaired) electrons.